The van der Waals surface area contributed by atoms with Crippen molar-refractivity contribution in [1.82, 2.24) is 14.9 Å². The Morgan fingerprint density at radius 1 is 1.28 bits per heavy atom. The lowest BCUT2D eigenvalue weighted by atomic mass is 10.1. The van der Waals surface area contributed by atoms with Gasteiger partial charge in [-0.25, -0.2) is 4.98 Å². The summed E-state index contributed by atoms with van der Waals surface area (Å²) in [6.45, 7) is 4.10. The summed E-state index contributed by atoms with van der Waals surface area (Å²) in [7, 11) is 3.55. The third kappa shape index (κ3) is 5.22. The Morgan fingerprint density at radius 3 is 2.76 bits per heavy atom. The van der Waals surface area contributed by atoms with Crippen LogP contribution in [0.25, 0.3) is 0 Å². The average molecular weight is 474 g/mol. The maximum atomic E-state index is 12.8. The number of nitrogens with one attached hydrogen (secondary N) is 1. The topological polar surface area (TPSA) is 56.1 Å². The smallest absolute Gasteiger partial charge is 0.231 e. The molecule has 29 heavy (non-hydrogen) atoms. The molecule has 1 atom stereocenters. The van der Waals surface area contributed by atoms with E-state index in [1.807, 2.05) is 49.0 Å². The summed E-state index contributed by atoms with van der Waals surface area (Å²) in [4.78, 5) is 18.4. The number of rotatable bonds is 7. The van der Waals surface area contributed by atoms with E-state index in [9.17, 15) is 4.79 Å². The van der Waals surface area contributed by atoms with Crippen LogP contribution in [0.5, 0.6) is 5.75 Å². The minimum Gasteiger partial charge on any atom is -0.497 e. The summed E-state index contributed by atoms with van der Waals surface area (Å²) in [5.41, 5.74) is 3.22. The van der Waals surface area contributed by atoms with Crippen molar-refractivity contribution in [3.05, 3.63) is 75.8 Å². The average Bonchev–Trinajstić information content (AvgIpc) is 3.13. The number of aromatic nitrogens is 2. The van der Waals surface area contributed by atoms with Crippen molar-refractivity contribution in [2.75, 3.05) is 12.9 Å². The van der Waals surface area contributed by atoms with Crippen molar-refractivity contribution in [3.63, 3.8) is 0 Å². The molecule has 152 valence electrons. The van der Waals surface area contributed by atoms with Crippen LogP contribution in [0, 0.1) is 13.8 Å². The molecule has 0 saturated carbocycles. The number of ether oxygens (including phenoxy) is 1. The zero-order valence-corrected chi connectivity index (χ0v) is 19.3. The lowest BCUT2D eigenvalue weighted by molar-refractivity contribution is -0.119. The van der Waals surface area contributed by atoms with Crippen LogP contribution in [-0.2, 0) is 11.8 Å². The Bertz CT molecular complexity index is 1020. The molecule has 1 N–H and O–H groups in total. The lowest BCUT2D eigenvalue weighted by Crippen LogP contribution is -2.32. The Hall–Kier alpha value is -2.25. The van der Waals surface area contributed by atoms with Crippen LogP contribution in [0.3, 0.4) is 0 Å². The van der Waals surface area contributed by atoms with Crippen molar-refractivity contribution in [2.24, 2.45) is 7.05 Å². The van der Waals surface area contributed by atoms with Crippen LogP contribution in [0.15, 0.2) is 58.2 Å². The monoisotopic (exact) mass is 473 g/mol. The number of halogens is 1. The number of imidazole rings is 1. The Kier molecular flexibility index (Phi) is 7.03. The normalized spacial score (nSPS) is 11.9. The fourth-order valence-electron chi connectivity index (χ4n) is 3.03. The molecule has 1 unspecified atom stereocenters. The van der Waals surface area contributed by atoms with E-state index < -0.39 is 0 Å². The van der Waals surface area contributed by atoms with Gasteiger partial charge in [0.1, 0.15) is 17.6 Å². The first kappa shape index (κ1) is 21.5. The first-order valence-electron chi connectivity index (χ1n) is 9.19. The van der Waals surface area contributed by atoms with Gasteiger partial charge in [-0.05, 0) is 54.8 Å². The summed E-state index contributed by atoms with van der Waals surface area (Å²) >= 11 is 5.09. The van der Waals surface area contributed by atoms with Gasteiger partial charge in [-0.15, -0.1) is 11.8 Å². The first-order valence-corrected chi connectivity index (χ1v) is 11.0. The highest BCUT2D eigenvalue weighted by atomic mass is 79.9. The number of carbonyl (C=O) groups is 1. The molecule has 1 heterocycles. The highest BCUT2D eigenvalue weighted by Crippen LogP contribution is 2.29. The number of nitrogens with zero attached hydrogens (tertiary/aromatic N) is 2. The minimum atomic E-state index is -0.356. The van der Waals surface area contributed by atoms with Gasteiger partial charge < -0.3 is 14.6 Å². The zero-order chi connectivity index (χ0) is 21.0. The zero-order valence-electron chi connectivity index (χ0n) is 16.9. The number of amides is 1. The number of methoxy groups -OCH3 is 1. The number of thioether (sulfide) groups is 1. The molecule has 0 fully saturated rings. The predicted octanol–water partition coefficient (Wildman–Crippen LogP) is 4.81. The van der Waals surface area contributed by atoms with E-state index in [1.165, 1.54) is 11.8 Å². The molecule has 0 spiro atoms. The molecular formula is C22H24BrN3O2S. The summed E-state index contributed by atoms with van der Waals surface area (Å²) in [6.07, 6.45) is 3.61. The molecule has 1 amide bonds. The van der Waals surface area contributed by atoms with Gasteiger partial charge in [0, 0.05) is 28.8 Å². The third-order valence-electron chi connectivity index (χ3n) is 4.66. The quantitative estimate of drug-likeness (QED) is 0.500. The molecule has 3 rings (SSSR count). The van der Waals surface area contributed by atoms with Gasteiger partial charge in [0.05, 0.1) is 12.9 Å². The van der Waals surface area contributed by atoms with E-state index in [0.29, 0.717) is 5.75 Å². The molecule has 0 aliphatic rings. The largest absolute Gasteiger partial charge is 0.497 e. The second-order valence-electron chi connectivity index (χ2n) is 6.83. The van der Waals surface area contributed by atoms with Gasteiger partial charge in [-0.3, -0.25) is 4.79 Å². The summed E-state index contributed by atoms with van der Waals surface area (Å²) in [5, 5.41) is 3.14. The maximum absolute atomic E-state index is 12.8. The fourth-order valence-corrected chi connectivity index (χ4v) is 4.40. The Morgan fingerprint density at radius 2 is 2.07 bits per heavy atom. The van der Waals surface area contributed by atoms with E-state index in [4.69, 9.17) is 4.74 Å². The number of hydrogen-bond donors (Lipinski definition) is 1. The molecule has 0 bridgehead atoms. The Labute approximate surface area is 184 Å². The highest BCUT2D eigenvalue weighted by Gasteiger charge is 2.21. The number of carbonyl (C=O) groups excluding carboxylic acids is 1. The molecule has 0 radical (unpaired) electrons. The second kappa shape index (κ2) is 9.50. The second-order valence-corrected chi connectivity index (χ2v) is 8.70. The van der Waals surface area contributed by atoms with Gasteiger partial charge in [0.15, 0.2) is 0 Å². The van der Waals surface area contributed by atoms with Crippen LogP contribution >= 0.6 is 27.7 Å². The summed E-state index contributed by atoms with van der Waals surface area (Å²) in [5.74, 6) is 1.79. The van der Waals surface area contributed by atoms with Crippen molar-refractivity contribution in [1.29, 1.82) is 0 Å². The first-order chi connectivity index (χ1) is 13.9. The molecule has 0 saturated heterocycles. The van der Waals surface area contributed by atoms with Crippen LogP contribution in [0.1, 0.15) is 28.6 Å². The van der Waals surface area contributed by atoms with E-state index in [-0.39, 0.29) is 11.9 Å². The molecule has 0 aliphatic heterocycles. The Balaban J connectivity index is 1.78. The van der Waals surface area contributed by atoms with Gasteiger partial charge >= 0.3 is 0 Å². The summed E-state index contributed by atoms with van der Waals surface area (Å²) < 4.78 is 8.35. The van der Waals surface area contributed by atoms with Crippen molar-refractivity contribution in [2.45, 2.75) is 24.8 Å². The van der Waals surface area contributed by atoms with Crippen LogP contribution in [0.2, 0.25) is 0 Å². The van der Waals surface area contributed by atoms with Crippen LogP contribution in [-0.4, -0.2) is 28.3 Å². The molecule has 1 aromatic heterocycles. The minimum absolute atomic E-state index is 0.0502. The van der Waals surface area contributed by atoms with Gasteiger partial charge in [-0.1, -0.05) is 28.1 Å². The number of benzene rings is 2. The molecule has 2 aromatic carbocycles. The van der Waals surface area contributed by atoms with E-state index in [0.717, 1.165) is 37.6 Å². The van der Waals surface area contributed by atoms with E-state index >= 15 is 0 Å². The fraction of sp³-hybridized carbons (Fsp3) is 0.273. The van der Waals surface area contributed by atoms with Gasteiger partial charge in [0.25, 0.3) is 0 Å². The van der Waals surface area contributed by atoms with Crippen molar-refractivity contribution < 1.29 is 9.53 Å². The van der Waals surface area contributed by atoms with E-state index in [2.05, 4.69) is 45.3 Å². The van der Waals surface area contributed by atoms with Crippen molar-refractivity contribution in [3.8, 4) is 5.75 Å². The van der Waals surface area contributed by atoms with E-state index in [1.54, 1.807) is 13.3 Å². The molecule has 5 nitrogen and oxygen atoms in total. The van der Waals surface area contributed by atoms with Crippen LogP contribution in [0.4, 0.5) is 0 Å². The predicted molar refractivity (Wildman–Crippen MR) is 121 cm³/mol. The van der Waals surface area contributed by atoms with Crippen LogP contribution < -0.4 is 10.1 Å². The number of hydrogen-bond acceptors (Lipinski definition) is 4. The number of aryl methyl sites for hydroxylation is 3. The highest BCUT2D eigenvalue weighted by molar-refractivity contribution is 9.10. The molecule has 3 aromatic rings. The standard InChI is InChI=1S/C22H24BrN3O2S/c1-14-11-19(15(2)10-18(14)23)29-13-20(27)25-21(22-24-8-9-26(22)3)16-6-5-7-17(12-16)28-4/h5-12,21H,13H2,1-4H3,(H,25,27). The SMILES string of the molecule is COc1cccc(C(NC(=O)CSc2cc(C)c(Br)cc2C)c2nccn2C)c1. The van der Waals surface area contributed by atoms with Crippen molar-refractivity contribution >= 4 is 33.6 Å². The lowest BCUT2D eigenvalue weighted by Gasteiger charge is -2.20. The molecular weight excluding hydrogens is 450 g/mol. The van der Waals surface area contributed by atoms with Gasteiger partial charge in [-0.2, -0.15) is 0 Å². The van der Waals surface area contributed by atoms with Gasteiger partial charge in [0.2, 0.25) is 5.91 Å². The maximum Gasteiger partial charge on any atom is 0.231 e. The summed E-state index contributed by atoms with van der Waals surface area (Å²) in [6, 6.07) is 11.5. The molecule has 0 aliphatic carbocycles. The molecule has 7 heteroatoms. The third-order valence-corrected chi connectivity index (χ3v) is 6.68.